The maximum absolute atomic E-state index is 12.8. The van der Waals surface area contributed by atoms with Crippen LogP contribution in [0.2, 0.25) is 0 Å². The normalized spacial score (nSPS) is 11.1. The lowest BCUT2D eigenvalue weighted by Gasteiger charge is -2.14. The smallest absolute Gasteiger partial charge is 0.416 e. The van der Waals surface area contributed by atoms with Gasteiger partial charge in [0.2, 0.25) is 0 Å². The summed E-state index contributed by atoms with van der Waals surface area (Å²) < 4.78 is 43.7. The Kier molecular flexibility index (Phi) is 5.51. The number of nitrogens with one attached hydrogen (secondary N) is 2. The number of hydrogen-bond donors (Lipinski definition) is 2. The van der Waals surface area contributed by atoms with Crippen molar-refractivity contribution >= 4 is 39.7 Å². The van der Waals surface area contributed by atoms with E-state index in [0.29, 0.717) is 5.75 Å². The first-order valence-corrected chi connectivity index (χ1v) is 8.55. The fourth-order valence-corrected chi connectivity index (χ4v) is 2.88. The molecular weight excluding hydrogens is 389 g/mol. The Hall–Kier alpha value is -3.13. The Morgan fingerprint density at radius 3 is 2.32 bits per heavy atom. The van der Waals surface area contributed by atoms with Crippen molar-refractivity contribution in [3.05, 3.63) is 71.8 Å². The van der Waals surface area contributed by atoms with E-state index >= 15 is 0 Å². The molecule has 4 nitrogen and oxygen atoms in total. The van der Waals surface area contributed by atoms with Gasteiger partial charge in [-0.3, -0.25) is 10.1 Å². The molecule has 0 aliphatic carbocycles. The molecule has 1 amide bonds. The Labute approximate surface area is 164 Å². The molecule has 0 spiro atoms. The zero-order chi connectivity index (χ0) is 20.3. The van der Waals surface area contributed by atoms with Crippen molar-refractivity contribution in [3.63, 3.8) is 0 Å². The second-order valence-corrected chi connectivity index (χ2v) is 6.29. The molecule has 0 heterocycles. The molecule has 3 rings (SSSR count). The van der Waals surface area contributed by atoms with Crippen molar-refractivity contribution < 1.29 is 22.7 Å². The lowest BCUT2D eigenvalue weighted by molar-refractivity contribution is -0.137. The quantitative estimate of drug-likeness (QED) is 0.604. The van der Waals surface area contributed by atoms with Crippen LogP contribution >= 0.6 is 12.2 Å². The second-order valence-electron chi connectivity index (χ2n) is 5.89. The van der Waals surface area contributed by atoms with Gasteiger partial charge in [0.15, 0.2) is 5.11 Å². The molecule has 0 radical (unpaired) electrons. The number of halogens is 3. The molecule has 0 saturated heterocycles. The van der Waals surface area contributed by atoms with Gasteiger partial charge in [0, 0.05) is 5.69 Å². The highest BCUT2D eigenvalue weighted by molar-refractivity contribution is 7.80. The molecule has 144 valence electrons. The molecule has 3 aromatic carbocycles. The van der Waals surface area contributed by atoms with Crippen LogP contribution in [-0.4, -0.2) is 18.1 Å². The van der Waals surface area contributed by atoms with Crippen molar-refractivity contribution in [1.29, 1.82) is 0 Å². The molecular formula is C20H15F3N2O2S. The van der Waals surface area contributed by atoms with Gasteiger partial charge < -0.3 is 10.1 Å². The maximum atomic E-state index is 12.8. The highest BCUT2D eigenvalue weighted by atomic mass is 32.1. The summed E-state index contributed by atoms with van der Waals surface area (Å²) in [4.78, 5) is 12.6. The third kappa shape index (κ3) is 4.40. The summed E-state index contributed by atoms with van der Waals surface area (Å²) >= 11 is 5.06. The number of alkyl halides is 3. The van der Waals surface area contributed by atoms with Crippen LogP contribution in [0.5, 0.6) is 5.75 Å². The minimum absolute atomic E-state index is 0.116. The number of fused-ring (bicyclic) bond motifs is 1. The third-order valence-electron chi connectivity index (χ3n) is 3.99. The van der Waals surface area contributed by atoms with Crippen LogP contribution < -0.4 is 15.4 Å². The molecule has 3 aromatic rings. The minimum Gasteiger partial charge on any atom is -0.496 e. The van der Waals surface area contributed by atoms with Gasteiger partial charge in [-0.05, 0) is 53.3 Å². The standard InChI is InChI=1S/C20H15F3N2O2S/c1-27-17-10-13-6-3-2-5-12(13)9-16(17)18(26)25-19(28)24-15-8-4-7-14(11-15)20(21,22)23/h2-11H,1H3,(H2,24,25,26,28). The number of amides is 1. The number of hydrogen-bond acceptors (Lipinski definition) is 3. The highest BCUT2D eigenvalue weighted by Gasteiger charge is 2.30. The van der Waals surface area contributed by atoms with E-state index in [1.54, 1.807) is 12.1 Å². The van der Waals surface area contributed by atoms with Crippen LogP contribution in [0, 0.1) is 0 Å². The number of carbonyl (C=O) groups excluding carboxylic acids is 1. The maximum Gasteiger partial charge on any atom is 0.416 e. The second kappa shape index (κ2) is 7.85. The van der Waals surface area contributed by atoms with Crippen molar-refractivity contribution in [2.24, 2.45) is 0 Å². The Morgan fingerprint density at radius 2 is 1.68 bits per heavy atom. The highest BCUT2D eigenvalue weighted by Crippen LogP contribution is 2.30. The Balaban J connectivity index is 1.78. The molecule has 2 N–H and O–H groups in total. The van der Waals surface area contributed by atoms with Gasteiger partial charge in [-0.25, -0.2) is 0 Å². The van der Waals surface area contributed by atoms with Crippen molar-refractivity contribution in [2.45, 2.75) is 6.18 Å². The number of rotatable bonds is 3. The van der Waals surface area contributed by atoms with Crippen LogP contribution in [0.4, 0.5) is 18.9 Å². The van der Waals surface area contributed by atoms with E-state index in [1.807, 2.05) is 24.3 Å². The van der Waals surface area contributed by atoms with E-state index in [4.69, 9.17) is 17.0 Å². The van der Waals surface area contributed by atoms with Gasteiger partial charge in [-0.2, -0.15) is 13.2 Å². The number of carbonyl (C=O) groups is 1. The molecule has 0 saturated carbocycles. The summed E-state index contributed by atoms with van der Waals surface area (Å²) in [7, 11) is 1.44. The van der Waals surface area contributed by atoms with E-state index < -0.39 is 17.6 Å². The van der Waals surface area contributed by atoms with Gasteiger partial charge in [0.25, 0.3) is 5.91 Å². The Bertz CT molecular complexity index is 1050. The lowest BCUT2D eigenvalue weighted by atomic mass is 10.1. The summed E-state index contributed by atoms with van der Waals surface area (Å²) in [6.45, 7) is 0. The van der Waals surface area contributed by atoms with Crippen molar-refractivity contribution in [2.75, 3.05) is 12.4 Å². The molecule has 0 bridgehead atoms. The van der Waals surface area contributed by atoms with E-state index in [1.165, 1.54) is 19.2 Å². The summed E-state index contributed by atoms with van der Waals surface area (Å²) in [5.41, 5.74) is -0.442. The van der Waals surface area contributed by atoms with Crippen LogP contribution in [0.3, 0.4) is 0 Å². The summed E-state index contributed by atoms with van der Waals surface area (Å²) in [5.74, 6) is -0.176. The number of thiocarbonyl (C=S) groups is 1. The number of benzene rings is 3. The van der Waals surface area contributed by atoms with Crippen molar-refractivity contribution in [3.8, 4) is 5.75 Å². The molecule has 0 aromatic heterocycles. The van der Waals surface area contributed by atoms with Crippen molar-refractivity contribution in [1.82, 2.24) is 5.32 Å². The first-order chi connectivity index (χ1) is 13.3. The molecule has 0 atom stereocenters. The van der Waals surface area contributed by atoms with E-state index in [-0.39, 0.29) is 16.4 Å². The number of ether oxygens (including phenoxy) is 1. The monoisotopic (exact) mass is 404 g/mol. The van der Waals surface area contributed by atoms with Crippen LogP contribution in [0.25, 0.3) is 10.8 Å². The zero-order valence-corrected chi connectivity index (χ0v) is 15.4. The van der Waals surface area contributed by atoms with E-state index in [9.17, 15) is 18.0 Å². The average molecular weight is 404 g/mol. The predicted octanol–water partition coefficient (Wildman–Crippen LogP) is 4.99. The van der Waals surface area contributed by atoms with Gasteiger partial charge in [-0.15, -0.1) is 0 Å². The summed E-state index contributed by atoms with van der Waals surface area (Å²) in [6.07, 6.45) is -4.47. The van der Waals surface area contributed by atoms with Gasteiger partial charge in [0.05, 0.1) is 18.2 Å². The Morgan fingerprint density at radius 1 is 1.00 bits per heavy atom. The summed E-state index contributed by atoms with van der Waals surface area (Å²) in [5, 5.41) is 6.67. The fourth-order valence-electron chi connectivity index (χ4n) is 2.67. The van der Waals surface area contributed by atoms with Gasteiger partial charge in [0.1, 0.15) is 5.75 Å². The van der Waals surface area contributed by atoms with E-state index in [0.717, 1.165) is 22.9 Å². The van der Waals surface area contributed by atoms with Crippen LogP contribution in [-0.2, 0) is 6.18 Å². The lowest BCUT2D eigenvalue weighted by Crippen LogP contribution is -2.34. The zero-order valence-electron chi connectivity index (χ0n) is 14.6. The number of methoxy groups -OCH3 is 1. The molecule has 0 aliphatic rings. The van der Waals surface area contributed by atoms with E-state index in [2.05, 4.69) is 10.6 Å². The predicted molar refractivity (Wildman–Crippen MR) is 106 cm³/mol. The van der Waals surface area contributed by atoms with Gasteiger partial charge in [-0.1, -0.05) is 30.3 Å². The van der Waals surface area contributed by atoms with Crippen LogP contribution in [0.15, 0.2) is 60.7 Å². The number of anilines is 1. The van der Waals surface area contributed by atoms with Gasteiger partial charge >= 0.3 is 6.18 Å². The topological polar surface area (TPSA) is 50.4 Å². The van der Waals surface area contributed by atoms with Crippen LogP contribution in [0.1, 0.15) is 15.9 Å². The average Bonchev–Trinajstić information content (AvgIpc) is 2.66. The first kappa shape index (κ1) is 19.6. The molecule has 0 unspecified atom stereocenters. The first-order valence-electron chi connectivity index (χ1n) is 8.14. The molecule has 0 fully saturated rings. The molecule has 28 heavy (non-hydrogen) atoms. The molecule has 0 aliphatic heterocycles. The largest absolute Gasteiger partial charge is 0.496 e. The third-order valence-corrected chi connectivity index (χ3v) is 4.19. The fraction of sp³-hybridized carbons (Fsp3) is 0.100. The minimum atomic E-state index is -4.47. The molecule has 8 heteroatoms. The SMILES string of the molecule is COc1cc2ccccc2cc1C(=O)NC(=S)Nc1cccc(C(F)(F)F)c1. The summed E-state index contributed by atoms with van der Waals surface area (Å²) in [6, 6.07) is 15.4.